The highest BCUT2D eigenvalue weighted by molar-refractivity contribution is 7.89. The van der Waals surface area contributed by atoms with E-state index < -0.39 is 10.0 Å². The van der Waals surface area contributed by atoms with Crippen molar-refractivity contribution in [3.8, 4) is 0 Å². The minimum absolute atomic E-state index is 0.0936. The van der Waals surface area contributed by atoms with Crippen LogP contribution in [0.25, 0.3) is 0 Å². The van der Waals surface area contributed by atoms with Gasteiger partial charge >= 0.3 is 0 Å². The lowest BCUT2D eigenvalue weighted by Crippen LogP contribution is -2.38. The highest BCUT2D eigenvalue weighted by atomic mass is 32.2. The lowest BCUT2D eigenvalue weighted by molar-refractivity contribution is 0.493. The van der Waals surface area contributed by atoms with Crippen molar-refractivity contribution in [2.24, 2.45) is 21.8 Å². The number of aliphatic imine (C=N–C) groups is 1. The molecule has 0 aliphatic rings. The van der Waals surface area contributed by atoms with Crippen LogP contribution in [0, 0.1) is 5.92 Å². The predicted molar refractivity (Wildman–Crippen MR) is 75.8 cm³/mol. The number of guanidine groups is 1. The second-order valence-electron chi connectivity index (χ2n) is 5.00. The van der Waals surface area contributed by atoms with Crippen molar-refractivity contribution in [1.82, 2.24) is 5.32 Å². The van der Waals surface area contributed by atoms with Crippen molar-refractivity contribution < 1.29 is 8.42 Å². The summed E-state index contributed by atoms with van der Waals surface area (Å²) >= 11 is 0. The van der Waals surface area contributed by atoms with E-state index >= 15 is 0 Å². The number of rotatable bonds is 8. The smallest absolute Gasteiger partial charge is 0.210 e. The Bertz CT molecular complexity index is 352. The van der Waals surface area contributed by atoms with E-state index in [1.54, 1.807) is 0 Å². The van der Waals surface area contributed by atoms with Crippen molar-refractivity contribution in [1.29, 1.82) is 0 Å². The van der Waals surface area contributed by atoms with Gasteiger partial charge in [-0.1, -0.05) is 26.7 Å². The van der Waals surface area contributed by atoms with Gasteiger partial charge in [0.2, 0.25) is 10.0 Å². The maximum atomic E-state index is 10.7. The highest BCUT2D eigenvalue weighted by Gasteiger charge is 2.05. The van der Waals surface area contributed by atoms with Crippen LogP contribution < -0.4 is 16.2 Å². The number of nitrogens with one attached hydrogen (secondary N) is 1. The van der Waals surface area contributed by atoms with Gasteiger partial charge in [-0.05, 0) is 19.3 Å². The zero-order valence-electron chi connectivity index (χ0n) is 11.5. The number of primary sulfonamides is 1. The van der Waals surface area contributed by atoms with Gasteiger partial charge in [0, 0.05) is 6.04 Å². The molecule has 6 nitrogen and oxygen atoms in total. The first kappa shape index (κ1) is 17.2. The summed E-state index contributed by atoms with van der Waals surface area (Å²) in [5.41, 5.74) is 5.64. The zero-order valence-corrected chi connectivity index (χ0v) is 12.3. The first-order chi connectivity index (χ1) is 8.20. The molecular formula is C11H26N4O2S. The van der Waals surface area contributed by atoms with Gasteiger partial charge in [0.25, 0.3) is 0 Å². The van der Waals surface area contributed by atoms with Crippen LogP contribution in [0.3, 0.4) is 0 Å². The molecule has 0 rings (SSSR count). The Morgan fingerprint density at radius 1 is 1.28 bits per heavy atom. The normalized spacial score (nSPS) is 14.8. The average Bonchev–Trinajstić information content (AvgIpc) is 2.14. The van der Waals surface area contributed by atoms with Gasteiger partial charge in [0.15, 0.2) is 5.96 Å². The SMILES string of the molecule is CC(C)CCCC(C)NC(N)=NCCS(N)(=O)=O. The Morgan fingerprint density at radius 2 is 1.89 bits per heavy atom. The fourth-order valence-electron chi connectivity index (χ4n) is 1.50. The van der Waals surface area contributed by atoms with Crippen LogP contribution in [0.15, 0.2) is 4.99 Å². The minimum Gasteiger partial charge on any atom is -0.370 e. The molecule has 0 amide bonds. The Labute approximate surface area is 110 Å². The molecule has 18 heavy (non-hydrogen) atoms. The monoisotopic (exact) mass is 278 g/mol. The molecule has 1 unspecified atom stereocenters. The topological polar surface area (TPSA) is 111 Å². The standard InChI is InChI=1S/C11H26N4O2S/c1-9(2)5-4-6-10(3)15-11(12)14-7-8-18(13,16)17/h9-10H,4-8H2,1-3H3,(H3,12,14,15)(H2,13,16,17). The quantitative estimate of drug-likeness (QED) is 0.440. The molecule has 108 valence electrons. The van der Waals surface area contributed by atoms with Crippen LogP contribution in [0.2, 0.25) is 0 Å². The summed E-state index contributed by atoms with van der Waals surface area (Å²) < 4.78 is 21.4. The first-order valence-electron chi connectivity index (χ1n) is 6.27. The van der Waals surface area contributed by atoms with Crippen LogP contribution in [-0.4, -0.2) is 32.7 Å². The van der Waals surface area contributed by atoms with E-state index in [1.807, 2.05) is 6.92 Å². The van der Waals surface area contributed by atoms with Crippen molar-refractivity contribution in [2.45, 2.75) is 46.1 Å². The lowest BCUT2D eigenvalue weighted by atomic mass is 10.0. The van der Waals surface area contributed by atoms with Crippen molar-refractivity contribution in [3.05, 3.63) is 0 Å². The van der Waals surface area contributed by atoms with Crippen LogP contribution in [0.5, 0.6) is 0 Å². The fourth-order valence-corrected chi connectivity index (χ4v) is 1.84. The molecular weight excluding hydrogens is 252 g/mol. The average molecular weight is 278 g/mol. The van der Waals surface area contributed by atoms with E-state index in [9.17, 15) is 8.42 Å². The van der Waals surface area contributed by atoms with Crippen molar-refractivity contribution >= 4 is 16.0 Å². The molecule has 0 aliphatic carbocycles. The maximum Gasteiger partial charge on any atom is 0.210 e. The summed E-state index contributed by atoms with van der Waals surface area (Å²) in [6.45, 7) is 6.51. The zero-order chi connectivity index (χ0) is 14.2. The summed E-state index contributed by atoms with van der Waals surface area (Å²) in [5, 5.41) is 7.89. The number of nitrogens with zero attached hydrogens (tertiary/aromatic N) is 1. The summed E-state index contributed by atoms with van der Waals surface area (Å²) in [4.78, 5) is 3.92. The molecule has 0 aromatic carbocycles. The Morgan fingerprint density at radius 3 is 2.39 bits per heavy atom. The third-order valence-corrected chi connectivity index (χ3v) is 3.22. The van der Waals surface area contributed by atoms with Crippen molar-refractivity contribution in [2.75, 3.05) is 12.3 Å². The Balaban J connectivity index is 3.85. The van der Waals surface area contributed by atoms with E-state index in [0.717, 1.165) is 12.8 Å². The molecule has 0 spiro atoms. The third-order valence-electron chi connectivity index (χ3n) is 2.47. The molecule has 0 saturated heterocycles. The first-order valence-corrected chi connectivity index (χ1v) is 7.99. The largest absolute Gasteiger partial charge is 0.370 e. The molecule has 0 radical (unpaired) electrons. The molecule has 1 atom stereocenters. The molecule has 0 aliphatic heterocycles. The van der Waals surface area contributed by atoms with Gasteiger partial charge in [-0.25, -0.2) is 13.6 Å². The summed E-state index contributed by atoms with van der Waals surface area (Å²) in [7, 11) is -3.46. The summed E-state index contributed by atoms with van der Waals surface area (Å²) in [6, 6.07) is 0.238. The number of hydrogen-bond acceptors (Lipinski definition) is 3. The predicted octanol–water partition coefficient (Wildman–Crippen LogP) is 0.394. The lowest BCUT2D eigenvalue weighted by Gasteiger charge is -2.14. The van der Waals surface area contributed by atoms with Gasteiger partial charge in [-0.2, -0.15) is 0 Å². The number of nitrogens with two attached hydrogens (primary N) is 2. The van der Waals surface area contributed by atoms with Crippen LogP contribution in [0.4, 0.5) is 0 Å². The van der Waals surface area contributed by atoms with E-state index in [4.69, 9.17) is 10.9 Å². The molecule has 0 aromatic heterocycles. The Hall–Kier alpha value is -0.820. The van der Waals surface area contributed by atoms with Gasteiger partial charge in [-0.15, -0.1) is 0 Å². The second-order valence-corrected chi connectivity index (χ2v) is 6.74. The van der Waals surface area contributed by atoms with Crippen molar-refractivity contribution in [3.63, 3.8) is 0 Å². The van der Waals surface area contributed by atoms with Gasteiger partial charge in [-0.3, -0.25) is 4.99 Å². The van der Waals surface area contributed by atoms with Crippen LogP contribution in [-0.2, 0) is 10.0 Å². The molecule has 0 bridgehead atoms. The van der Waals surface area contributed by atoms with Gasteiger partial charge in [0.1, 0.15) is 0 Å². The molecule has 0 heterocycles. The summed E-state index contributed by atoms with van der Waals surface area (Å²) in [6.07, 6.45) is 3.34. The van der Waals surface area contributed by atoms with Crippen LogP contribution in [0.1, 0.15) is 40.0 Å². The van der Waals surface area contributed by atoms with E-state index in [2.05, 4.69) is 24.2 Å². The van der Waals surface area contributed by atoms with Crippen LogP contribution >= 0.6 is 0 Å². The van der Waals surface area contributed by atoms with E-state index in [-0.39, 0.29) is 24.3 Å². The molecule has 7 heteroatoms. The minimum atomic E-state index is -3.46. The highest BCUT2D eigenvalue weighted by Crippen LogP contribution is 2.07. The Kier molecular flexibility index (Phi) is 7.93. The summed E-state index contributed by atoms with van der Waals surface area (Å²) in [5.74, 6) is 0.797. The molecule has 5 N–H and O–H groups in total. The number of hydrogen-bond donors (Lipinski definition) is 3. The molecule has 0 aromatic rings. The van der Waals surface area contributed by atoms with Gasteiger partial charge < -0.3 is 11.1 Å². The fraction of sp³-hybridized carbons (Fsp3) is 0.909. The molecule has 0 fully saturated rings. The molecule has 0 saturated carbocycles. The van der Waals surface area contributed by atoms with E-state index in [0.29, 0.717) is 5.92 Å². The maximum absolute atomic E-state index is 10.7. The van der Waals surface area contributed by atoms with E-state index in [1.165, 1.54) is 6.42 Å². The third kappa shape index (κ3) is 11.7. The van der Waals surface area contributed by atoms with Gasteiger partial charge in [0.05, 0.1) is 12.3 Å². The second kappa shape index (κ2) is 8.31. The number of sulfonamides is 1.